The first-order chi connectivity index (χ1) is 9.06. The average Bonchev–Trinajstić information content (AvgIpc) is 2.64. The molecule has 0 radical (unpaired) electrons. The predicted molar refractivity (Wildman–Crippen MR) is 80.5 cm³/mol. The molecule has 2 heterocycles. The van der Waals surface area contributed by atoms with Crippen LogP contribution in [-0.4, -0.2) is 28.4 Å². The number of rotatable bonds is 4. The molecule has 0 aliphatic heterocycles. The van der Waals surface area contributed by atoms with Crippen molar-refractivity contribution in [2.75, 3.05) is 13.6 Å². The molecule has 0 unspecified atom stereocenters. The van der Waals surface area contributed by atoms with Gasteiger partial charge in [0.25, 0.3) is 0 Å². The van der Waals surface area contributed by atoms with E-state index in [2.05, 4.69) is 34.5 Å². The maximum absolute atomic E-state index is 6.27. The lowest BCUT2D eigenvalue weighted by Crippen LogP contribution is -2.09. The summed E-state index contributed by atoms with van der Waals surface area (Å²) >= 11 is 6.27. The molecule has 4 nitrogen and oxygen atoms in total. The van der Waals surface area contributed by atoms with Crippen LogP contribution in [0.3, 0.4) is 0 Å². The SMILES string of the molecule is CCC(=Cc1cc2c(C)nn(C)c2nc1Cl)CNC. The van der Waals surface area contributed by atoms with Crippen molar-refractivity contribution in [3.8, 4) is 0 Å². The third-order valence-electron chi connectivity index (χ3n) is 3.20. The molecule has 2 rings (SSSR count). The van der Waals surface area contributed by atoms with Gasteiger partial charge >= 0.3 is 0 Å². The highest BCUT2D eigenvalue weighted by Crippen LogP contribution is 2.24. The second kappa shape index (κ2) is 5.72. The van der Waals surface area contributed by atoms with E-state index in [4.69, 9.17) is 11.6 Å². The summed E-state index contributed by atoms with van der Waals surface area (Å²) in [5, 5.41) is 9.11. The molecule has 0 saturated carbocycles. The monoisotopic (exact) mass is 278 g/mol. The summed E-state index contributed by atoms with van der Waals surface area (Å²) in [4.78, 5) is 4.44. The molecule has 1 N–H and O–H groups in total. The normalized spacial score (nSPS) is 12.4. The Morgan fingerprint density at radius 1 is 1.53 bits per heavy atom. The third-order valence-corrected chi connectivity index (χ3v) is 3.50. The van der Waals surface area contributed by atoms with E-state index >= 15 is 0 Å². The highest BCUT2D eigenvalue weighted by Gasteiger charge is 2.10. The lowest BCUT2D eigenvalue weighted by molar-refractivity contribution is 0.774. The molecule has 0 saturated heterocycles. The fraction of sp³-hybridized carbons (Fsp3) is 0.429. The Kier molecular flexibility index (Phi) is 4.22. The molecule has 5 heteroatoms. The van der Waals surface area contributed by atoms with Gasteiger partial charge in [-0.25, -0.2) is 4.98 Å². The molecular weight excluding hydrogens is 260 g/mol. The van der Waals surface area contributed by atoms with Gasteiger partial charge in [0.1, 0.15) is 5.15 Å². The zero-order valence-electron chi connectivity index (χ0n) is 11.8. The van der Waals surface area contributed by atoms with E-state index in [-0.39, 0.29) is 0 Å². The zero-order valence-corrected chi connectivity index (χ0v) is 12.5. The maximum Gasteiger partial charge on any atom is 0.159 e. The van der Waals surface area contributed by atoms with Crippen LogP contribution in [0.5, 0.6) is 0 Å². The van der Waals surface area contributed by atoms with Gasteiger partial charge in [0, 0.05) is 24.5 Å². The van der Waals surface area contributed by atoms with Crippen LogP contribution in [0.1, 0.15) is 24.6 Å². The molecule has 0 bridgehead atoms. The van der Waals surface area contributed by atoms with Crippen molar-refractivity contribution in [1.29, 1.82) is 0 Å². The van der Waals surface area contributed by atoms with Crippen molar-refractivity contribution < 1.29 is 0 Å². The molecule has 0 fully saturated rings. The largest absolute Gasteiger partial charge is 0.316 e. The van der Waals surface area contributed by atoms with Crippen molar-refractivity contribution in [2.24, 2.45) is 7.05 Å². The molecule has 0 aliphatic rings. The minimum atomic E-state index is 0.526. The van der Waals surface area contributed by atoms with E-state index in [1.165, 1.54) is 5.57 Å². The molecule has 0 aromatic carbocycles. The number of nitrogens with one attached hydrogen (secondary N) is 1. The lowest BCUT2D eigenvalue weighted by atomic mass is 10.1. The van der Waals surface area contributed by atoms with Crippen LogP contribution in [0.4, 0.5) is 0 Å². The van der Waals surface area contributed by atoms with Gasteiger partial charge in [-0.2, -0.15) is 5.10 Å². The van der Waals surface area contributed by atoms with Crippen LogP contribution in [0.25, 0.3) is 17.1 Å². The lowest BCUT2D eigenvalue weighted by Gasteiger charge is -2.05. The highest BCUT2D eigenvalue weighted by molar-refractivity contribution is 6.31. The number of aromatic nitrogens is 3. The first kappa shape index (κ1) is 14.0. The van der Waals surface area contributed by atoms with Crippen molar-refractivity contribution in [1.82, 2.24) is 20.1 Å². The zero-order chi connectivity index (χ0) is 14.0. The summed E-state index contributed by atoms with van der Waals surface area (Å²) in [6.07, 6.45) is 3.10. The summed E-state index contributed by atoms with van der Waals surface area (Å²) in [6.45, 7) is 4.98. The molecule has 2 aromatic rings. The molecule has 0 aliphatic carbocycles. The van der Waals surface area contributed by atoms with Crippen LogP contribution >= 0.6 is 11.6 Å². The number of hydrogen-bond acceptors (Lipinski definition) is 3. The third kappa shape index (κ3) is 2.80. The van der Waals surface area contributed by atoms with Crippen molar-refractivity contribution in [3.05, 3.63) is 28.0 Å². The minimum Gasteiger partial charge on any atom is -0.316 e. The molecule has 0 atom stereocenters. The number of hydrogen-bond donors (Lipinski definition) is 1. The van der Waals surface area contributed by atoms with E-state index in [0.717, 1.165) is 35.3 Å². The summed E-state index contributed by atoms with van der Waals surface area (Å²) < 4.78 is 1.76. The Labute approximate surface area is 118 Å². The Hall–Kier alpha value is -1.39. The van der Waals surface area contributed by atoms with Crippen LogP contribution in [0.15, 0.2) is 11.6 Å². The Bertz CT molecular complexity index is 628. The summed E-state index contributed by atoms with van der Waals surface area (Å²) in [6, 6.07) is 2.07. The topological polar surface area (TPSA) is 42.7 Å². The van der Waals surface area contributed by atoms with Crippen LogP contribution < -0.4 is 5.32 Å². The van der Waals surface area contributed by atoms with Gasteiger partial charge in [-0.05, 0) is 26.5 Å². The van der Waals surface area contributed by atoms with Crippen LogP contribution in [-0.2, 0) is 7.05 Å². The van der Waals surface area contributed by atoms with Gasteiger partial charge in [0.15, 0.2) is 5.65 Å². The van der Waals surface area contributed by atoms with Crippen molar-refractivity contribution >= 4 is 28.7 Å². The number of likely N-dealkylation sites (N-methyl/N-ethyl adjacent to an activating group) is 1. The van der Waals surface area contributed by atoms with E-state index in [1.807, 2.05) is 21.0 Å². The number of pyridine rings is 1. The second-order valence-electron chi connectivity index (χ2n) is 4.64. The smallest absolute Gasteiger partial charge is 0.159 e. The molecule has 0 amide bonds. The minimum absolute atomic E-state index is 0.526. The fourth-order valence-corrected chi connectivity index (χ4v) is 2.35. The van der Waals surface area contributed by atoms with E-state index < -0.39 is 0 Å². The van der Waals surface area contributed by atoms with Crippen LogP contribution in [0, 0.1) is 6.92 Å². The summed E-state index contributed by atoms with van der Waals surface area (Å²) in [5.41, 5.74) is 4.05. The molecule has 0 spiro atoms. The van der Waals surface area contributed by atoms with E-state index in [1.54, 1.807) is 4.68 Å². The Morgan fingerprint density at radius 3 is 2.89 bits per heavy atom. The van der Waals surface area contributed by atoms with Crippen molar-refractivity contribution in [2.45, 2.75) is 20.3 Å². The second-order valence-corrected chi connectivity index (χ2v) is 4.99. The van der Waals surface area contributed by atoms with E-state index in [0.29, 0.717) is 5.15 Å². The number of nitrogens with zero attached hydrogens (tertiary/aromatic N) is 3. The molecular formula is C14H19ClN4. The number of fused-ring (bicyclic) bond motifs is 1. The van der Waals surface area contributed by atoms with Gasteiger partial charge < -0.3 is 5.32 Å². The molecule has 19 heavy (non-hydrogen) atoms. The summed E-state index contributed by atoms with van der Waals surface area (Å²) in [7, 11) is 3.82. The van der Waals surface area contributed by atoms with Gasteiger partial charge in [-0.15, -0.1) is 0 Å². The highest BCUT2D eigenvalue weighted by atomic mass is 35.5. The standard InChI is InChI=1S/C14H19ClN4/c1-5-10(8-16-3)6-11-7-12-9(2)18-19(4)14(12)17-13(11)15/h6-7,16H,5,8H2,1-4H3. The quantitative estimate of drug-likeness (QED) is 0.875. The Balaban J connectivity index is 2.55. The Morgan fingerprint density at radius 2 is 2.26 bits per heavy atom. The van der Waals surface area contributed by atoms with Crippen LogP contribution in [0.2, 0.25) is 5.15 Å². The molecule has 102 valence electrons. The predicted octanol–water partition coefficient (Wildman–Crippen LogP) is 2.94. The van der Waals surface area contributed by atoms with Gasteiger partial charge in [-0.1, -0.05) is 30.2 Å². The number of halogens is 1. The van der Waals surface area contributed by atoms with Crippen molar-refractivity contribution in [3.63, 3.8) is 0 Å². The first-order valence-electron chi connectivity index (χ1n) is 6.40. The molecule has 2 aromatic heterocycles. The maximum atomic E-state index is 6.27. The van der Waals surface area contributed by atoms with Gasteiger partial charge in [0.2, 0.25) is 0 Å². The van der Waals surface area contributed by atoms with Gasteiger partial charge in [0.05, 0.1) is 5.69 Å². The summed E-state index contributed by atoms with van der Waals surface area (Å²) in [5.74, 6) is 0. The fourth-order valence-electron chi connectivity index (χ4n) is 2.16. The van der Waals surface area contributed by atoms with E-state index in [9.17, 15) is 0 Å². The number of aryl methyl sites for hydroxylation is 2. The first-order valence-corrected chi connectivity index (χ1v) is 6.78. The average molecular weight is 279 g/mol. The van der Waals surface area contributed by atoms with Gasteiger partial charge in [-0.3, -0.25) is 4.68 Å².